The van der Waals surface area contributed by atoms with E-state index >= 15 is 0 Å². The maximum atomic E-state index is 11.4. The van der Waals surface area contributed by atoms with Crippen LogP contribution in [0, 0.1) is 0 Å². The molecule has 0 unspecified atom stereocenters. The highest BCUT2D eigenvalue weighted by molar-refractivity contribution is 6.30. The molecule has 6 nitrogen and oxygen atoms in total. The lowest BCUT2D eigenvalue weighted by Gasteiger charge is -2.07. The summed E-state index contributed by atoms with van der Waals surface area (Å²) in [5.74, 6) is -0.270. The van der Waals surface area contributed by atoms with Crippen molar-refractivity contribution in [3.63, 3.8) is 0 Å². The Hall–Kier alpha value is -3.12. The molecule has 25 heavy (non-hydrogen) atoms. The highest BCUT2D eigenvalue weighted by Gasteiger charge is 2.12. The Morgan fingerprint density at radius 1 is 1.24 bits per heavy atom. The molecule has 0 saturated carbocycles. The van der Waals surface area contributed by atoms with E-state index in [9.17, 15) is 9.59 Å². The van der Waals surface area contributed by atoms with E-state index in [4.69, 9.17) is 11.6 Å². The second-order valence-electron chi connectivity index (χ2n) is 5.64. The van der Waals surface area contributed by atoms with Gasteiger partial charge in [0.15, 0.2) is 12.1 Å². The molecule has 0 amide bonds. The molecule has 1 N–H and O–H groups in total. The standard InChI is InChI=1S/C18H12ClN3O3/c19-14-3-1-2-11(6-14)8-22-9-13(10-23)15-5-4-12(7-16(15)22)17-20-18(24)25-21-17/h1-7,9-10H,8H2,(H,20,21,24). The third-order valence-electron chi connectivity index (χ3n) is 4.00. The molecule has 0 fully saturated rings. The van der Waals surface area contributed by atoms with Gasteiger partial charge in [-0.05, 0) is 23.8 Å². The quantitative estimate of drug-likeness (QED) is 0.569. The molecule has 2 aromatic heterocycles. The van der Waals surface area contributed by atoms with Crippen molar-refractivity contribution in [2.45, 2.75) is 6.54 Å². The van der Waals surface area contributed by atoms with Gasteiger partial charge in [0.25, 0.3) is 0 Å². The predicted molar refractivity (Wildman–Crippen MR) is 94.0 cm³/mol. The Morgan fingerprint density at radius 2 is 2.12 bits per heavy atom. The number of aromatic nitrogens is 3. The van der Waals surface area contributed by atoms with E-state index in [0.29, 0.717) is 28.5 Å². The Labute approximate surface area is 146 Å². The van der Waals surface area contributed by atoms with Gasteiger partial charge in [-0.3, -0.25) is 14.3 Å². The van der Waals surface area contributed by atoms with Crippen LogP contribution >= 0.6 is 11.6 Å². The molecule has 0 atom stereocenters. The summed E-state index contributed by atoms with van der Waals surface area (Å²) in [6.07, 6.45) is 2.63. The van der Waals surface area contributed by atoms with E-state index in [1.807, 2.05) is 41.0 Å². The number of aldehydes is 1. The van der Waals surface area contributed by atoms with Crippen LogP contribution in [-0.4, -0.2) is 21.0 Å². The van der Waals surface area contributed by atoms with E-state index in [0.717, 1.165) is 22.8 Å². The first-order valence-electron chi connectivity index (χ1n) is 7.53. The van der Waals surface area contributed by atoms with Gasteiger partial charge in [-0.25, -0.2) is 4.79 Å². The number of H-pyrrole nitrogens is 1. The minimum atomic E-state index is -0.613. The summed E-state index contributed by atoms with van der Waals surface area (Å²) in [7, 11) is 0. The Bertz CT molecular complexity index is 1140. The summed E-state index contributed by atoms with van der Waals surface area (Å²) < 4.78 is 6.52. The molecule has 0 radical (unpaired) electrons. The molecule has 2 heterocycles. The maximum absolute atomic E-state index is 11.4. The van der Waals surface area contributed by atoms with Crippen molar-refractivity contribution >= 4 is 28.8 Å². The summed E-state index contributed by atoms with van der Waals surface area (Å²) in [4.78, 5) is 25.1. The highest BCUT2D eigenvalue weighted by atomic mass is 35.5. The van der Waals surface area contributed by atoms with Gasteiger partial charge in [0, 0.05) is 39.8 Å². The van der Waals surface area contributed by atoms with Gasteiger partial charge in [0.2, 0.25) is 0 Å². The number of hydrogen-bond donors (Lipinski definition) is 1. The van der Waals surface area contributed by atoms with Gasteiger partial charge in [-0.2, -0.15) is 0 Å². The number of carbonyl (C=O) groups excluding carboxylic acids is 1. The van der Waals surface area contributed by atoms with Crippen molar-refractivity contribution in [1.82, 2.24) is 14.7 Å². The second-order valence-corrected chi connectivity index (χ2v) is 6.07. The summed E-state index contributed by atoms with van der Waals surface area (Å²) in [6.45, 7) is 0.559. The SMILES string of the molecule is O=Cc1cn(Cc2cccc(Cl)c2)c2cc(-c3noc(=O)[nH]3)ccc12. The molecular weight excluding hydrogens is 342 g/mol. The van der Waals surface area contributed by atoms with Crippen molar-refractivity contribution in [3.8, 4) is 11.4 Å². The fraction of sp³-hybridized carbons (Fsp3) is 0.0556. The predicted octanol–water partition coefficient (Wildman–Crippen LogP) is 3.50. The zero-order chi connectivity index (χ0) is 17.4. The zero-order valence-corrected chi connectivity index (χ0v) is 13.7. The minimum Gasteiger partial charge on any atom is -0.342 e. The van der Waals surface area contributed by atoms with E-state index in [2.05, 4.69) is 14.7 Å². The third kappa shape index (κ3) is 2.88. The molecule has 124 valence electrons. The molecule has 4 rings (SSSR count). The smallest absolute Gasteiger partial charge is 0.342 e. The van der Waals surface area contributed by atoms with Crippen LogP contribution in [0.4, 0.5) is 0 Å². The number of benzene rings is 2. The lowest BCUT2D eigenvalue weighted by atomic mass is 10.1. The summed E-state index contributed by atoms with van der Waals surface area (Å²) in [5.41, 5.74) is 3.16. The number of nitrogens with one attached hydrogen (secondary N) is 1. The van der Waals surface area contributed by atoms with Gasteiger partial charge in [-0.1, -0.05) is 41.0 Å². The van der Waals surface area contributed by atoms with Crippen LogP contribution in [0.1, 0.15) is 15.9 Å². The fourth-order valence-electron chi connectivity index (χ4n) is 2.88. The van der Waals surface area contributed by atoms with Crippen LogP contribution in [0.2, 0.25) is 5.02 Å². The highest BCUT2D eigenvalue weighted by Crippen LogP contribution is 2.26. The minimum absolute atomic E-state index is 0.343. The topological polar surface area (TPSA) is 80.9 Å². The van der Waals surface area contributed by atoms with E-state index in [1.165, 1.54) is 0 Å². The molecule has 4 aromatic rings. The van der Waals surface area contributed by atoms with Crippen molar-refractivity contribution < 1.29 is 9.32 Å². The molecular formula is C18H12ClN3O3. The first-order valence-corrected chi connectivity index (χ1v) is 7.91. The number of carbonyl (C=O) groups is 1. The van der Waals surface area contributed by atoms with Gasteiger partial charge >= 0.3 is 5.76 Å². The van der Waals surface area contributed by atoms with Gasteiger partial charge in [0.1, 0.15) is 0 Å². The van der Waals surface area contributed by atoms with Crippen LogP contribution in [0.3, 0.4) is 0 Å². The number of nitrogens with zero attached hydrogens (tertiary/aromatic N) is 2. The number of fused-ring (bicyclic) bond motifs is 1. The van der Waals surface area contributed by atoms with Gasteiger partial charge in [-0.15, -0.1) is 0 Å². The third-order valence-corrected chi connectivity index (χ3v) is 4.23. The molecule has 0 saturated heterocycles. The fourth-order valence-corrected chi connectivity index (χ4v) is 3.09. The average molecular weight is 354 g/mol. The first-order chi connectivity index (χ1) is 12.1. The van der Waals surface area contributed by atoms with Crippen LogP contribution in [0.25, 0.3) is 22.3 Å². The molecule has 2 aromatic carbocycles. The monoisotopic (exact) mass is 353 g/mol. The van der Waals surface area contributed by atoms with Crippen LogP contribution < -0.4 is 5.76 Å². The van der Waals surface area contributed by atoms with E-state index in [-0.39, 0.29) is 0 Å². The van der Waals surface area contributed by atoms with Crippen molar-refractivity contribution in [3.05, 3.63) is 75.4 Å². The normalized spacial score (nSPS) is 11.1. The second kappa shape index (κ2) is 6.07. The summed E-state index contributed by atoms with van der Waals surface area (Å²) >= 11 is 6.05. The summed E-state index contributed by atoms with van der Waals surface area (Å²) in [5, 5.41) is 5.19. The van der Waals surface area contributed by atoms with Crippen LogP contribution in [0.15, 0.2) is 58.0 Å². The summed E-state index contributed by atoms with van der Waals surface area (Å²) in [6, 6.07) is 13.0. The number of hydrogen-bond acceptors (Lipinski definition) is 4. The van der Waals surface area contributed by atoms with Crippen LogP contribution in [0.5, 0.6) is 0 Å². The largest absolute Gasteiger partial charge is 0.439 e. The van der Waals surface area contributed by atoms with Crippen molar-refractivity contribution in [2.75, 3.05) is 0 Å². The maximum Gasteiger partial charge on any atom is 0.439 e. The van der Waals surface area contributed by atoms with Crippen molar-refractivity contribution in [2.24, 2.45) is 0 Å². The van der Waals surface area contributed by atoms with E-state index in [1.54, 1.807) is 12.3 Å². The molecule has 0 aliphatic carbocycles. The van der Waals surface area contributed by atoms with E-state index < -0.39 is 5.76 Å². The van der Waals surface area contributed by atoms with Gasteiger partial charge in [0.05, 0.1) is 0 Å². The molecule has 0 aliphatic heterocycles. The number of aromatic amines is 1. The van der Waals surface area contributed by atoms with Crippen molar-refractivity contribution in [1.29, 1.82) is 0 Å². The van der Waals surface area contributed by atoms with Gasteiger partial charge < -0.3 is 4.57 Å². The Balaban J connectivity index is 1.85. The number of halogens is 1. The lowest BCUT2D eigenvalue weighted by Crippen LogP contribution is -1.98. The molecule has 0 spiro atoms. The first kappa shape index (κ1) is 15.4. The zero-order valence-electron chi connectivity index (χ0n) is 12.9. The Kier molecular flexibility index (Phi) is 3.74. The molecule has 0 aliphatic rings. The lowest BCUT2D eigenvalue weighted by molar-refractivity contribution is 0.112. The number of rotatable bonds is 4. The van der Waals surface area contributed by atoms with Crippen LogP contribution in [-0.2, 0) is 6.54 Å². The Morgan fingerprint density at radius 3 is 2.84 bits per heavy atom. The average Bonchev–Trinajstić information content (AvgIpc) is 3.18. The molecule has 0 bridgehead atoms. The molecule has 7 heteroatoms.